The van der Waals surface area contributed by atoms with Crippen LogP contribution in [0.3, 0.4) is 0 Å². The Morgan fingerprint density at radius 2 is 1.40 bits per heavy atom. The molecule has 1 aromatic carbocycles. The summed E-state index contributed by atoms with van der Waals surface area (Å²) >= 11 is 0. The number of nitrogens with zero attached hydrogens (tertiary/aromatic N) is 1. The Morgan fingerprint density at radius 1 is 0.920 bits per heavy atom. The summed E-state index contributed by atoms with van der Waals surface area (Å²) in [7, 11) is 3.17. The fourth-order valence-corrected chi connectivity index (χ4v) is 2.22. The third-order valence-electron chi connectivity index (χ3n) is 3.52. The minimum Gasteiger partial charge on any atom is -0.383 e. The Bertz CT molecular complexity index is 496. The van der Waals surface area contributed by atoms with Gasteiger partial charge in [-0.2, -0.15) is 0 Å². The van der Waals surface area contributed by atoms with Gasteiger partial charge in [-0.25, -0.2) is 0 Å². The van der Waals surface area contributed by atoms with Crippen molar-refractivity contribution < 1.29 is 19.1 Å². The van der Waals surface area contributed by atoms with E-state index in [1.54, 1.807) is 14.2 Å². The normalized spacial score (nSPS) is 10.7. The van der Waals surface area contributed by atoms with Crippen molar-refractivity contribution in [1.82, 2.24) is 15.5 Å². The number of rotatable bonds is 12. The van der Waals surface area contributed by atoms with Gasteiger partial charge in [-0.1, -0.05) is 29.8 Å². The van der Waals surface area contributed by atoms with Crippen molar-refractivity contribution in [1.29, 1.82) is 0 Å². The fourth-order valence-electron chi connectivity index (χ4n) is 2.22. The van der Waals surface area contributed by atoms with Crippen LogP contribution in [0.25, 0.3) is 0 Å². The lowest BCUT2D eigenvalue weighted by atomic mass is 10.1. The Balaban J connectivity index is 2.60. The second kappa shape index (κ2) is 12.4. The van der Waals surface area contributed by atoms with Gasteiger partial charge < -0.3 is 20.1 Å². The van der Waals surface area contributed by atoms with Crippen LogP contribution in [0.1, 0.15) is 11.1 Å². The zero-order valence-corrected chi connectivity index (χ0v) is 15.3. The Kier molecular flexibility index (Phi) is 10.5. The maximum atomic E-state index is 12.1. The highest BCUT2D eigenvalue weighted by molar-refractivity contribution is 5.81. The summed E-state index contributed by atoms with van der Waals surface area (Å²) in [5.74, 6) is -0.261. The molecule has 0 unspecified atom stereocenters. The molecule has 0 fully saturated rings. The summed E-state index contributed by atoms with van der Waals surface area (Å²) in [6.45, 7) is 4.66. The maximum Gasteiger partial charge on any atom is 0.234 e. The largest absolute Gasteiger partial charge is 0.383 e. The van der Waals surface area contributed by atoms with Crippen molar-refractivity contribution in [3.05, 3.63) is 35.4 Å². The topological polar surface area (TPSA) is 79.9 Å². The van der Waals surface area contributed by atoms with Crippen LogP contribution in [0.2, 0.25) is 0 Å². The minimum absolute atomic E-state index is 0.131. The molecule has 0 aromatic heterocycles. The van der Waals surface area contributed by atoms with Gasteiger partial charge in [-0.05, 0) is 12.5 Å². The van der Waals surface area contributed by atoms with Crippen LogP contribution in [-0.4, -0.2) is 70.3 Å². The molecule has 0 heterocycles. The van der Waals surface area contributed by atoms with Crippen LogP contribution in [0, 0.1) is 6.92 Å². The molecule has 2 amide bonds. The van der Waals surface area contributed by atoms with E-state index in [0.29, 0.717) is 32.8 Å². The molecular weight excluding hydrogens is 322 g/mol. The Labute approximate surface area is 149 Å². The molecule has 7 nitrogen and oxygen atoms in total. The molecule has 0 bridgehead atoms. The number of hydrogen-bond donors (Lipinski definition) is 2. The second-order valence-electron chi connectivity index (χ2n) is 5.82. The summed E-state index contributed by atoms with van der Waals surface area (Å²) < 4.78 is 9.84. The van der Waals surface area contributed by atoms with Crippen molar-refractivity contribution in [2.24, 2.45) is 0 Å². The highest BCUT2D eigenvalue weighted by Crippen LogP contribution is 2.07. The van der Waals surface area contributed by atoms with Crippen molar-refractivity contribution in [3.8, 4) is 0 Å². The van der Waals surface area contributed by atoms with Gasteiger partial charge in [0.1, 0.15) is 0 Å². The molecule has 0 aliphatic heterocycles. The van der Waals surface area contributed by atoms with E-state index in [-0.39, 0.29) is 24.9 Å². The van der Waals surface area contributed by atoms with Gasteiger partial charge in [0.25, 0.3) is 0 Å². The lowest BCUT2D eigenvalue weighted by Gasteiger charge is -2.21. The van der Waals surface area contributed by atoms with Crippen LogP contribution >= 0.6 is 0 Å². The molecular formula is C18H29N3O4. The number of carbonyl (C=O) groups excluding carboxylic acids is 2. The van der Waals surface area contributed by atoms with Gasteiger partial charge >= 0.3 is 0 Å². The summed E-state index contributed by atoms with van der Waals surface area (Å²) in [5, 5.41) is 5.55. The third-order valence-corrected chi connectivity index (χ3v) is 3.52. The first kappa shape index (κ1) is 21.1. The van der Waals surface area contributed by atoms with E-state index in [2.05, 4.69) is 10.6 Å². The summed E-state index contributed by atoms with van der Waals surface area (Å²) in [6.07, 6.45) is 0. The van der Waals surface area contributed by atoms with Gasteiger partial charge in [0.05, 0.1) is 26.3 Å². The maximum absolute atomic E-state index is 12.1. The van der Waals surface area contributed by atoms with Gasteiger partial charge in [-0.15, -0.1) is 0 Å². The van der Waals surface area contributed by atoms with E-state index < -0.39 is 0 Å². The number of hydrogen-bond acceptors (Lipinski definition) is 5. The van der Waals surface area contributed by atoms with Crippen LogP contribution in [-0.2, 0) is 25.6 Å². The van der Waals surface area contributed by atoms with Crippen LogP contribution < -0.4 is 10.6 Å². The molecule has 1 aromatic rings. The van der Waals surface area contributed by atoms with E-state index in [4.69, 9.17) is 9.47 Å². The molecule has 2 N–H and O–H groups in total. The van der Waals surface area contributed by atoms with Crippen LogP contribution in [0.15, 0.2) is 24.3 Å². The quantitative estimate of drug-likeness (QED) is 0.530. The summed E-state index contributed by atoms with van der Waals surface area (Å²) in [4.78, 5) is 25.9. The third kappa shape index (κ3) is 9.81. The van der Waals surface area contributed by atoms with Gasteiger partial charge in [0, 0.05) is 33.9 Å². The second-order valence-corrected chi connectivity index (χ2v) is 5.82. The highest BCUT2D eigenvalue weighted by atomic mass is 16.5. The zero-order valence-electron chi connectivity index (χ0n) is 15.3. The molecule has 1 rings (SSSR count). The van der Waals surface area contributed by atoms with Gasteiger partial charge in [-0.3, -0.25) is 14.5 Å². The first-order chi connectivity index (χ1) is 12.0. The van der Waals surface area contributed by atoms with Crippen LogP contribution in [0.5, 0.6) is 0 Å². The zero-order chi connectivity index (χ0) is 18.5. The predicted molar refractivity (Wildman–Crippen MR) is 96.2 cm³/mol. The molecule has 0 atom stereocenters. The van der Waals surface area contributed by atoms with Crippen molar-refractivity contribution >= 4 is 11.8 Å². The first-order valence-corrected chi connectivity index (χ1v) is 8.34. The molecule has 0 radical (unpaired) electrons. The number of benzene rings is 1. The monoisotopic (exact) mass is 351 g/mol. The SMILES string of the molecule is COCCNC(=O)CN(CC(=O)NCCOC)Cc1ccc(C)cc1. The van der Waals surface area contributed by atoms with Crippen molar-refractivity contribution in [2.45, 2.75) is 13.5 Å². The van der Waals surface area contributed by atoms with E-state index in [9.17, 15) is 9.59 Å². The number of nitrogens with one attached hydrogen (secondary N) is 2. The van der Waals surface area contributed by atoms with E-state index in [1.165, 1.54) is 5.56 Å². The molecule has 7 heteroatoms. The highest BCUT2D eigenvalue weighted by Gasteiger charge is 2.15. The average Bonchev–Trinajstić information content (AvgIpc) is 2.57. The standard InChI is InChI=1S/C18H29N3O4/c1-15-4-6-16(7-5-15)12-21(13-17(22)19-8-10-24-2)14-18(23)20-9-11-25-3/h4-7H,8-14H2,1-3H3,(H,19,22)(H,20,23). The molecule has 25 heavy (non-hydrogen) atoms. The van der Waals surface area contributed by atoms with Gasteiger partial charge in [0.15, 0.2) is 0 Å². The molecule has 0 saturated heterocycles. The average molecular weight is 351 g/mol. The van der Waals surface area contributed by atoms with Crippen molar-refractivity contribution in [3.63, 3.8) is 0 Å². The number of carbonyl (C=O) groups is 2. The number of methoxy groups -OCH3 is 2. The molecule has 0 aliphatic carbocycles. The first-order valence-electron chi connectivity index (χ1n) is 8.34. The van der Waals surface area contributed by atoms with Crippen molar-refractivity contribution in [2.75, 3.05) is 53.6 Å². The lowest BCUT2D eigenvalue weighted by Crippen LogP contribution is -2.43. The number of aryl methyl sites for hydroxylation is 1. The molecule has 0 spiro atoms. The number of ether oxygens (including phenoxy) is 2. The molecule has 0 aliphatic rings. The fraction of sp³-hybridized carbons (Fsp3) is 0.556. The smallest absolute Gasteiger partial charge is 0.234 e. The van der Waals surface area contributed by atoms with Gasteiger partial charge in [0.2, 0.25) is 11.8 Å². The Morgan fingerprint density at radius 3 is 1.84 bits per heavy atom. The Hall–Kier alpha value is -1.96. The predicted octanol–water partition coefficient (Wildman–Crippen LogP) is 0.322. The van der Waals surface area contributed by atoms with E-state index in [1.807, 2.05) is 36.1 Å². The number of amides is 2. The lowest BCUT2D eigenvalue weighted by molar-refractivity contribution is -0.125. The minimum atomic E-state index is -0.131. The summed E-state index contributed by atoms with van der Waals surface area (Å²) in [6, 6.07) is 8.05. The van der Waals surface area contributed by atoms with E-state index >= 15 is 0 Å². The summed E-state index contributed by atoms with van der Waals surface area (Å²) in [5.41, 5.74) is 2.23. The van der Waals surface area contributed by atoms with E-state index in [0.717, 1.165) is 5.56 Å². The van der Waals surface area contributed by atoms with Crippen LogP contribution in [0.4, 0.5) is 0 Å². The molecule has 140 valence electrons. The molecule has 0 saturated carbocycles.